The molecule has 0 spiro atoms. The maximum absolute atomic E-state index is 10.5. The lowest BCUT2D eigenvalue weighted by Crippen LogP contribution is -2.00. The van der Waals surface area contributed by atoms with Gasteiger partial charge in [-0.05, 0) is 71.6 Å². The van der Waals surface area contributed by atoms with Crippen LogP contribution in [0.15, 0.2) is 176 Å². The van der Waals surface area contributed by atoms with Crippen molar-refractivity contribution in [3.05, 3.63) is 193 Å². The van der Waals surface area contributed by atoms with E-state index in [-0.39, 0.29) is 0 Å². The van der Waals surface area contributed by atoms with Gasteiger partial charge in [0.25, 0.3) is 0 Å². The molecule has 0 fully saturated rings. The first-order valence-corrected chi connectivity index (χ1v) is 18.3. The van der Waals surface area contributed by atoms with Crippen LogP contribution in [0.2, 0.25) is 0 Å². The van der Waals surface area contributed by atoms with Gasteiger partial charge in [0.05, 0.1) is 62.7 Å². The summed E-state index contributed by atoms with van der Waals surface area (Å²) in [6.45, 7) is 8.08. The largest absolute Gasteiger partial charge is 0.318 e. The molecule has 0 amide bonds. The number of aromatic nitrogens is 3. The van der Waals surface area contributed by atoms with Crippen LogP contribution in [0.4, 0.5) is 5.69 Å². The van der Waals surface area contributed by atoms with Crippen molar-refractivity contribution in [2.24, 2.45) is 0 Å². The van der Waals surface area contributed by atoms with Crippen LogP contribution >= 0.6 is 0 Å². The van der Waals surface area contributed by atoms with Gasteiger partial charge in [0.1, 0.15) is 0 Å². The molecule has 55 heavy (non-hydrogen) atoms. The Hall–Kier alpha value is -7.86. The quantitative estimate of drug-likeness (QED) is 0.169. The SMILES string of the molecule is [C-]#[N+]c1cccc2c3ccccc3n(-c3ccccc3-c3cc(C#N)cc(-n4c5ccccc5c5c(-n6c7ccccc7c7ccccc76)cccc54)c3)c12. The first-order valence-electron chi connectivity index (χ1n) is 18.3. The summed E-state index contributed by atoms with van der Waals surface area (Å²) in [7, 11) is 0. The second-order valence-corrected chi connectivity index (χ2v) is 13.9. The number of benzene rings is 8. The van der Waals surface area contributed by atoms with Gasteiger partial charge in [0.15, 0.2) is 0 Å². The van der Waals surface area contributed by atoms with E-state index in [4.69, 9.17) is 6.57 Å². The summed E-state index contributed by atoms with van der Waals surface area (Å²) in [5, 5.41) is 17.4. The standard InChI is InChI=1S/C50H29N5/c1-52-41-20-12-19-39-38-17-5-10-24-45(38)55(50(39)41)42-21-7-2-14-35(42)33-28-32(31-51)29-34(30-33)53-46-25-11-6-18-40(46)49-47(53)26-13-27-48(49)54-43-22-8-3-15-36(43)37-16-4-9-23-44(37)54/h2-30H. The van der Waals surface area contributed by atoms with E-state index < -0.39 is 0 Å². The fraction of sp³-hybridized carbons (Fsp3) is 0. The molecule has 8 aromatic carbocycles. The van der Waals surface area contributed by atoms with Gasteiger partial charge in [0, 0.05) is 38.2 Å². The Labute approximate surface area is 316 Å². The van der Waals surface area contributed by atoms with Crippen molar-refractivity contribution in [2.45, 2.75) is 0 Å². The van der Waals surface area contributed by atoms with E-state index in [1.54, 1.807) is 0 Å². The summed E-state index contributed by atoms with van der Waals surface area (Å²) in [5.74, 6) is 0. The molecular weight excluding hydrogens is 671 g/mol. The van der Waals surface area contributed by atoms with Crippen LogP contribution < -0.4 is 0 Å². The Morgan fingerprint density at radius 2 is 0.982 bits per heavy atom. The summed E-state index contributed by atoms with van der Waals surface area (Å²) in [4.78, 5) is 3.96. The van der Waals surface area contributed by atoms with Crippen LogP contribution in [-0.4, -0.2) is 13.7 Å². The van der Waals surface area contributed by atoms with Crippen molar-refractivity contribution in [1.82, 2.24) is 13.7 Å². The van der Waals surface area contributed by atoms with Crippen molar-refractivity contribution in [1.29, 1.82) is 5.26 Å². The maximum Gasteiger partial charge on any atom is 0.211 e. The lowest BCUT2D eigenvalue weighted by molar-refractivity contribution is 1.16. The highest BCUT2D eigenvalue weighted by molar-refractivity contribution is 6.17. The minimum atomic E-state index is 0.566. The van der Waals surface area contributed by atoms with E-state index in [0.717, 1.165) is 82.8 Å². The molecule has 0 N–H and O–H groups in total. The minimum absolute atomic E-state index is 0.566. The topological polar surface area (TPSA) is 42.9 Å². The number of hydrogen-bond donors (Lipinski definition) is 0. The van der Waals surface area contributed by atoms with E-state index in [1.165, 1.54) is 10.8 Å². The van der Waals surface area contributed by atoms with Gasteiger partial charge < -0.3 is 13.7 Å². The van der Waals surface area contributed by atoms with Gasteiger partial charge in [-0.25, -0.2) is 4.85 Å². The van der Waals surface area contributed by atoms with Crippen LogP contribution in [0, 0.1) is 17.9 Å². The average Bonchev–Trinajstić information content (AvgIpc) is 3.89. The van der Waals surface area contributed by atoms with Crippen LogP contribution in [0.25, 0.3) is 98.5 Å². The monoisotopic (exact) mass is 699 g/mol. The second kappa shape index (κ2) is 11.8. The highest BCUT2D eigenvalue weighted by atomic mass is 15.0. The third-order valence-electron chi connectivity index (χ3n) is 11.1. The number of hydrogen-bond acceptors (Lipinski definition) is 1. The molecule has 0 bridgehead atoms. The molecule has 0 aliphatic rings. The molecule has 254 valence electrons. The van der Waals surface area contributed by atoms with Crippen LogP contribution in [0.5, 0.6) is 0 Å². The molecule has 0 aliphatic carbocycles. The van der Waals surface area contributed by atoms with Crippen molar-refractivity contribution >= 4 is 71.1 Å². The molecule has 11 rings (SSSR count). The fourth-order valence-corrected chi connectivity index (χ4v) is 8.86. The van der Waals surface area contributed by atoms with E-state index in [9.17, 15) is 5.26 Å². The van der Waals surface area contributed by atoms with Crippen molar-refractivity contribution < 1.29 is 0 Å². The zero-order valence-corrected chi connectivity index (χ0v) is 29.5. The Morgan fingerprint density at radius 3 is 1.67 bits per heavy atom. The number of nitrogens with zero attached hydrogens (tertiary/aromatic N) is 5. The Kier molecular flexibility index (Phi) is 6.61. The lowest BCUT2D eigenvalue weighted by atomic mass is 10.00. The molecule has 5 nitrogen and oxygen atoms in total. The van der Waals surface area contributed by atoms with E-state index in [0.29, 0.717) is 11.3 Å². The highest BCUT2D eigenvalue weighted by Crippen LogP contribution is 2.43. The van der Waals surface area contributed by atoms with Gasteiger partial charge in [-0.1, -0.05) is 115 Å². The number of rotatable bonds is 4. The summed E-state index contributed by atoms with van der Waals surface area (Å²) in [5.41, 5.74) is 12.3. The molecule has 0 saturated carbocycles. The molecule has 3 aromatic heterocycles. The highest BCUT2D eigenvalue weighted by Gasteiger charge is 2.22. The Bertz CT molecular complexity index is 3420. The van der Waals surface area contributed by atoms with Gasteiger partial charge in [-0.15, -0.1) is 0 Å². The van der Waals surface area contributed by atoms with Crippen LogP contribution in [-0.2, 0) is 0 Å². The van der Waals surface area contributed by atoms with Gasteiger partial charge >= 0.3 is 0 Å². The molecule has 0 saturated heterocycles. The number of para-hydroxylation sites is 6. The van der Waals surface area contributed by atoms with Crippen LogP contribution in [0.1, 0.15) is 5.56 Å². The predicted octanol–water partition coefficient (Wildman–Crippen LogP) is 13.1. The van der Waals surface area contributed by atoms with Gasteiger partial charge in [-0.2, -0.15) is 5.26 Å². The minimum Gasteiger partial charge on any atom is -0.318 e. The third kappa shape index (κ3) is 4.39. The average molecular weight is 700 g/mol. The number of nitriles is 1. The van der Waals surface area contributed by atoms with Gasteiger partial charge in [0.2, 0.25) is 5.69 Å². The normalized spacial score (nSPS) is 11.6. The summed E-state index contributed by atoms with van der Waals surface area (Å²) in [6.07, 6.45) is 0. The van der Waals surface area contributed by atoms with E-state index in [2.05, 4.69) is 152 Å². The first kappa shape index (κ1) is 30.7. The molecule has 3 heterocycles. The zero-order chi connectivity index (χ0) is 36.6. The summed E-state index contributed by atoms with van der Waals surface area (Å²) in [6, 6.07) is 63.5. The smallest absolute Gasteiger partial charge is 0.211 e. The van der Waals surface area contributed by atoms with E-state index in [1.807, 2.05) is 48.5 Å². The fourth-order valence-electron chi connectivity index (χ4n) is 8.86. The molecule has 5 heteroatoms. The molecule has 0 unspecified atom stereocenters. The van der Waals surface area contributed by atoms with Crippen molar-refractivity contribution in [2.75, 3.05) is 0 Å². The summed E-state index contributed by atoms with van der Waals surface area (Å²) >= 11 is 0. The Morgan fingerprint density at radius 1 is 0.455 bits per heavy atom. The summed E-state index contributed by atoms with van der Waals surface area (Å²) < 4.78 is 6.90. The van der Waals surface area contributed by atoms with E-state index >= 15 is 0 Å². The predicted molar refractivity (Wildman–Crippen MR) is 226 cm³/mol. The molecule has 0 aliphatic heterocycles. The van der Waals surface area contributed by atoms with Crippen LogP contribution in [0.3, 0.4) is 0 Å². The molecule has 11 aromatic rings. The van der Waals surface area contributed by atoms with Crippen molar-refractivity contribution in [3.8, 4) is 34.3 Å². The van der Waals surface area contributed by atoms with Crippen molar-refractivity contribution in [3.63, 3.8) is 0 Å². The molecular formula is C50H29N5. The second-order valence-electron chi connectivity index (χ2n) is 13.9. The lowest BCUT2D eigenvalue weighted by Gasteiger charge is -2.17. The zero-order valence-electron chi connectivity index (χ0n) is 29.5. The molecule has 0 radical (unpaired) electrons. The molecule has 0 atom stereocenters. The first-order chi connectivity index (χ1) is 27.2. The third-order valence-corrected chi connectivity index (χ3v) is 11.1. The maximum atomic E-state index is 10.5. The van der Waals surface area contributed by atoms with Gasteiger partial charge in [-0.3, -0.25) is 0 Å². The number of fused-ring (bicyclic) bond motifs is 9. The Balaban J connectivity index is 1.19.